The third kappa shape index (κ3) is 4.55. The van der Waals surface area contributed by atoms with Crippen molar-refractivity contribution >= 4 is 11.6 Å². The van der Waals surface area contributed by atoms with Crippen molar-refractivity contribution in [1.82, 2.24) is 0 Å². The lowest BCUT2D eigenvalue weighted by Gasteiger charge is -2.35. The molecule has 3 rings (SSSR count). The molecular weight excluding hydrogens is 308 g/mol. The number of amides is 1. The van der Waals surface area contributed by atoms with E-state index >= 15 is 0 Å². The standard InChI is InChI=1S/C20H27F2NO/c21-18-11-10-17(13-19(18)22)23-20(24)12-14-6-8-16(9-7-14)15-4-2-1-3-5-15/h10-11,13-16H,1-9,12H2,(H,23,24). The maximum atomic E-state index is 13.2. The Morgan fingerprint density at radius 3 is 2.25 bits per heavy atom. The van der Waals surface area contributed by atoms with Crippen LogP contribution in [0.1, 0.15) is 64.2 Å². The van der Waals surface area contributed by atoms with E-state index < -0.39 is 11.6 Å². The van der Waals surface area contributed by atoms with E-state index in [1.54, 1.807) is 0 Å². The molecule has 24 heavy (non-hydrogen) atoms. The molecule has 0 aliphatic heterocycles. The highest BCUT2D eigenvalue weighted by atomic mass is 19.2. The molecule has 0 saturated heterocycles. The number of hydrogen-bond acceptors (Lipinski definition) is 1. The fourth-order valence-corrected chi connectivity index (χ4v) is 4.52. The van der Waals surface area contributed by atoms with Crippen LogP contribution in [0.25, 0.3) is 0 Å². The third-order valence-electron chi connectivity index (χ3n) is 5.89. The Morgan fingerprint density at radius 1 is 0.917 bits per heavy atom. The fraction of sp³-hybridized carbons (Fsp3) is 0.650. The van der Waals surface area contributed by atoms with Crippen molar-refractivity contribution in [2.45, 2.75) is 64.2 Å². The van der Waals surface area contributed by atoms with Crippen LogP contribution in [-0.4, -0.2) is 5.91 Å². The van der Waals surface area contributed by atoms with E-state index in [0.717, 1.165) is 36.8 Å². The molecule has 0 spiro atoms. The second-order valence-corrected chi connectivity index (χ2v) is 7.56. The summed E-state index contributed by atoms with van der Waals surface area (Å²) in [6.45, 7) is 0. The van der Waals surface area contributed by atoms with Gasteiger partial charge in [0.05, 0.1) is 0 Å². The van der Waals surface area contributed by atoms with Crippen LogP contribution < -0.4 is 5.32 Å². The van der Waals surface area contributed by atoms with Gasteiger partial charge in [-0.1, -0.05) is 32.1 Å². The number of anilines is 1. The molecule has 1 aromatic carbocycles. The molecule has 0 unspecified atom stereocenters. The van der Waals surface area contributed by atoms with Gasteiger partial charge in [0, 0.05) is 18.2 Å². The van der Waals surface area contributed by atoms with Gasteiger partial charge in [-0.25, -0.2) is 8.78 Å². The van der Waals surface area contributed by atoms with E-state index in [2.05, 4.69) is 5.32 Å². The smallest absolute Gasteiger partial charge is 0.224 e. The lowest BCUT2D eigenvalue weighted by molar-refractivity contribution is -0.117. The molecule has 132 valence electrons. The molecule has 0 atom stereocenters. The average Bonchev–Trinajstić information content (AvgIpc) is 2.59. The zero-order valence-corrected chi connectivity index (χ0v) is 14.2. The van der Waals surface area contributed by atoms with E-state index in [4.69, 9.17) is 0 Å². The molecular formula is C20H27F2NO. The van der Waals surface area contributed by atoms with Gasteiger partial charge in [-0.05, 0) is 55.6 Å². The second kappa shape index (κ2) is 8.09. The molecule has 1 aromatic rings. The van der Waals surface area contributed by atoms with Crippen molar-refractivity contribution in [3.63, 3.8) is 0 Å². The zero-order valence-electron chi connectivity index (χ0n) is 14.2. The molecule has 0 aromatic heterocycles. The predicted molar refractivity (Wildman–Crippen MR) is 91.6 cm³/mol. The summed E-state index contributed by atoms with van der Waals surface area (Å²) in [5.74, 6) is 0.276. The quantitative estimate of drug-likeness (QED) is 0.753. The van der Waals surface area contributed by atoms with E-state index in [9.17, 15) is 13.6 Å². The number of hydrogen-bond donors (Lipinski definition) is 1. The highest BCUT2D eigenvalue weighted by Gasteiger charge is 2.29. The first-order chi connectivity index (χ1) is 11.6. The van der Waals surface area contributed by atoms with E-state index in [0.29, 0.717) is 18.0 Å². The summed E-state index contributed by atoms with van der Waals surface area (Å²) in [6, 6.07) is 3.48. The minimum atomic E-state index is -0.930. The van der Waals surface area contributed by atoms with Crippen molar-refractivity contribution in [3.8, 4) is 0 Å². The summed E-state index contributed by atoms with van der Waals surface area (Å²) < 4.78 is 26.1. The Labute approximate surface area is 143 Å². The zero-order chi connectivity index (χ0) is 16.9. The maximum Gasteiger partial charge on any atom is 0.224 e. The minimum absolute atomic E-state index is 0.0953. The molecule has 2 nitrogen and oxygen atoms in total. The Bertz CT molecular complexity index is 561. The predicted octanol–water partition coefficient (Wildman–Crippen LogP) is 5.68. The highest BCUT2D eigenvalue weighted by molar-refractivity contribution is 5.90. The van der Waals surface area contributed by atoms with Gasteiger partial charge >= 0.3 is 0 Å². The third-order valence-corrected chi connectivity index (χ3v) is 5.89. The largest absolute Gasteiger partial charge is 0.326 e. The highest BCUT2D eigenvalue weighted by Crippen LogP contribution is 2.40. The molecule has 0 heterocycles. The normalized spacial score (nSPS) is 25.4. The van der Waals surface area contributed by atoms with Crippen molar-refractivity contribution in [2.24, 2.45) is 17.8 Å². The van der Waals surface area contributed by atoms with Crippen LogP contribution >= 0.6 is 0 Å². The first-order valence-electron chi connectivity index (χ1n) is 9.36. The van der Waals surface area contributed by atoms with Gasteiger partial charge in [0.15, 0.2) is 11.6 Å². The molecule has 2 saturated carbocycles. The molecule has 0 radical (unpaired) electrons. The maximum absolute atomic E-state index is 13.2. The van der Waals surface area contributed by atoms with Gasteiger partial charge < -0.3 is 5.32 Å². The number of nitrogens with one attached hydrogen (secondary N) is 1. The molecule has 1 amide bonds. The van der Waals surface area contributed by atoms with Crippen LogP contribution in [0.4, 0.5) is 14.5 Å². The van der Waals surface area contributed by atoms with E-state index in [1.165, 1.54) is 51.0 Å². The van der Waals surface area contributed by atoms with Crippen LogP contribution in [0.5, 0.6) is 0 Å². The van der Waals surface area contributed by atoms with Gasteiger partial charge in [0.1, 0.15) is 0 Å². The Hall–Kier alpha value is -1.45. The van der Waals surface area contributed by atoms with Crippen molar-refractivity contribution in [2.75, 3.05) is 5.32 Å². The number of carbonyl (C=O) groups excluding carboxylic acids is 1. The number of halogens is 2. The van der Waals surface area contributed by atoms with Crippen LogP contribution in [0.3, 0.4) is 0 Å². The van der Waals surface area contributed by atoms with Gasteiger partial charge in [-0.15, -0.1) is 0 Å². The molecule has 2 fully saturated rings. The summed E-state index contributed by atoms with van der Waals surface area (Å²) in [5.41, 5.74) is 0.329. The van der Waals surface area contributed by atoms with E-state index in [-0.39, 0.29) is 5.91 Å². The van der Waals surface area contributed by atoms with Gasteiger partial charge in [0.2, 0.25) is 5.91 Å². The Balaban J connectivity index is 1.43. The second-order valence-electron chi connectivity index (χ2n) is 7.56. The number of carbonyl (C=O) groups is 1. The average molecular weight is 335 g/mol. The first kappa shape index (κ1) is 17.4. The fourth-order valence-electron chi connectivity index (χ4n) is 4.52. The molecule has 4 heteroatoms. The topological polar surface area (TPSA) is 29.1 Å². The first-order valence-corrected chi connectivity index (χ1v) is 9.36. The van der Waals surface area contributed by atoms with Crippen LogP contribution in [-0.2, 0) is 4.79 Å². The summed E-state index contributed by atoms with van der Waals surface area (Å²) in [4.78, 5) is 12.1. The summed E-state index contributed by atoms with van der Waals surface area (Å²) >= 11 is 0. The van der Waals surface area contributed by atoms with Crippen LogP contribution in [0.2, 0.25) is 0 Å². The van der Waals surface area contributed by atoms with Gasteiger partial charge in [-0.2, -0.15) is 0 Å². The summed E-state index contributed by atoms with van der Waals surface area (Å²) in [5, 5.41) is 2.69. The number of benzene rings is 1. The molecule has 2 aliphatic rings. The Kier molecular flexibility index (Phi) is 5.85. The molecule has 2 aliphatic carbocycles. The summed E-state index contributed by atoms with van der Waals surface area (Å²) in [6.07, 6.45) is 12.2. The number of rotatable bonds is 4. The SMILES string of the molecule is O=C(CC1CCC(C2CCCCC2)CC1)Nc1ccc(F)c(F)c1. The minimum Gasteiger partial charge on any atom is -0.326 e. The molecule has 0 bridgehead atoms. The van der Waals surface area contributed by atoms with Crippen molar-refractivity contribution in [1.29, 1.82) is 0 Å². The molecule has 1 N–H and O–H groups in total. The van der Waals surface area contributed by atoms with Crippen LogP contribution in [0, 0.1) is 29.4 Å². The van der Waals surface area contributed by atoms with E-state index in [1.807, 2.05) is 0 Å². The monoisotopic (exact) mass is 335 g/mol. The van der Waals surface area contributed by atoms with Gasteiger partial charge in [0.25, 0.3) is 0 Å². The van der Waals surface area contributed by atoms with Crippen LogP contribution in [0.15, 0.2) is 18.2 Å². The lowest BCUT2D eigenvalue weighted by Crippen LogP contribution is -2.25. The lowest BCUT2D eigenvalue weighted by atomic mass is 9.70. The summed E-state index contributed by atoms with van der Waals surface area (Å²) in [7, 11) is 0. The Morgan fingerprint density at radius 2 is 1.58 bits per heavy atom. The van der Waals surface area contributed by atoms with Crippen molar-refractivity contribution in [3.05, 3.63) is 29.8 Å². The van der Waals surface area contributed by atoms with Crippen molar-refractivity contribution < 1.29 is 13.6 Å². The van der Waals surface area contributed by atoms with Gasteiger partial charge in [-0.3, -0.25) is 4.79 Å².